The molecule has 9 heteroatoms. The second-order valence-corrected chi connectivity index (χ2v) is 8.64. The van der Waals surface area contributed by atoms with Crippen molar-refractivity contribution in [3.05, 3.63) is 53.4 Å². The Morgan fingerprint density at radius 3 is 2.73 bits per heavy atom. The summed E-state index contributed by atoms with van der Waals surface area (Å²) in [6.07, 6.45) is 8.34. The number of carbonyl (C=O) groups is 1. The molecule has 1 saturated carbocycles. The van der Waals surface area contributed by atoms with Gasteiger partial charge in [-0.1, -0.05) is 24.1 Å². The minimum absolute atomic E-state index is 0.00217. The van der Waals surface area contributed by atoms with E-state index in [1.54, 1.807) is 23.1 Å². The maximum absolute atomic E-state index is 13.0. The Morgan fingerprint density at radius 2 is 1.97 bits per heavy atom. The lowest BCUT2D eigenvalue weighted by molar-refractivity contribution is 0.0205. The molecule has 1 aliphatic carbocycles. The standard InChI is InChI=1S/C24H23ClN6O2/c1-31-11-9-18(30-31)21-20(15-12-14-6-5-10-27-19(14)17(25)13-15)28-22(23(26)29-21)24(32)33-16-7-3-2-4-8-16/h5-6,9-13,16H,2-4,7-8H2,1H3,(H2,26,29). The van der Waals surface area contributed by atoms with Crippen LogP contribution in [0.15, 0.2) is 42.7 Å². The van der Waals surface area contributed by atoms with Gasteiger partial charge in [0.15, 0.2) is 11.5 Å². The van der Waals surface area contributed by atoms with Gasteiger partial charge in [0.05, 0.1) is 16.2 Å². The Kier molecular flexibility index (Phi) is 5.68. The second-order valence-electron chi connectivity index (χ2n) is 8.23. The molecule has 33 heavy (non-hydrogen) atoms. The Morgan fingerprint density at radius 1 is 1.15 bits per heavy atom. The highest BCUT2D eigenvalue weighted by Crippen LogP contribution is 2.34. The van der Waals surface area contributed by atoms with Crippen LogP contribution in [0.1, 0.15) is 42.6 Å². The number of nitrogens with two attached hydrogens (primary N) is 1. The maximum Gasteiger partial charge on any atom is 0.361 e. The number of pyridine rings is 1. The van der Waals surface area contributed by atoms with Crippen LogP contribution in [0.4, 0.5) is 5.82 Å². The topological polar surface area (TPSA) is 109 Å². The lowest BCUT2D eigenvalue weighted by atomic mass is 9.98. The zero-order chi connectivity index (χ0) is 22.9. The van der Waals surface area contributed by atoms with Gasteiger partial charge in [0.1, 0.15) is 17.5 Å². The summed E-state index contributed by atoms with van der Waals surface area (Å²) in [5.74, 6) is -0.553. The number of aromatic nitrogens is 5. The fourth-order valence-corrected chi connectivity index (χ4v) is 4.47. The van der Waals surface area contributed by atoms with E-state index in [0.717, 1.165) is 37.5 Å². The predicted octanol–water partition coefficient (Wildman–Crippen LogP) is 4.82. The van der Waals surface area contributed by atoms with Crippen LogP contribution in [-0.2, 0) is 11.8 Å². The summed E-state index contributed by atoms with van der Waals surface area (Å²) in [5.41, 5.74) is 9.05. The molecule has 168 valence electrons. The van der Waals surface area contributed by atoms with Crippen LogP contribution in [0.25, 0.3) is 33.5 Å². The molecule has 0 radical (unpaired) electrons. The van der Waals surface area contributed by atoms with Crippen molar-refractivity contribution in [2.75, 3.05) is 5.73 Å². The van der Waals surface area contributed by atoms with Crippen LogP contribution < -0.4 is 5.73 Å². The number of nitrogens with zero attached hydrogens (tertiary/aromatic N) is 5. The third kappa shape index (κ3) is 4.26. The summed E-state index contributed by atoms with van der Waals surface area (Å²) in [4.78, 5) is 26.5. The van der Waals surface area contributed by atoms with Crippen molar-refractivity contribution in [3.63, 3.8) is 0 Å². The van der Waals surface area contributed by atoms with E-state index in [4.69, 9.17) is 22.1 Å². The molecule has 3 heterocycles. The van der Waals surface area contributed by atoms with Gasteiger partial charge in [-0.15, -0.1) is 0 Å². The van der Waals surface area contributed by atoms with Crippen molar-refractivity contribution in [3.8, 4) is 22.6 Å². The number of benzene rings is 1. The molecular weight excluding hydrogens is 440 g/mol. The number of ether oxygens (including phenoxy) is 1. The molecule has 1 aromatic carbocycles. The normalized spacial score (nSPS) is 14.5. The van der Waals surface area contributed by atoms with E-state index in [2.05, 4.69) is 20.1 Å². The van der Waals surface area contributed by atoms with Gasteiger partial charge in [0, 0.05) is 30.4 Å². The zero-order valence-electron chi connectivity index (χ0n) is 18.2. The Hall–Kier alpha value is -3.52. The quantitative estimate of drug-likeness (QED) is 0.433. The molecule has 0 aliphatic heterocycles. The van der Waals surface area contributed by atoms with Crippen molar-refractivity contribution in [1.29, 1.82) is 0 Å². The van der Waals surface area contributed by atoms with Gasteiger partial charge in [0.25, 0.3) is 0 Å². The van der Waals surface area contributed by atoms with E-state index in [9.17, 15) is 4.79 Å². The molecule has 0 unspecified atom stereocenters. The Labute approximate surface area is 195 Å². The highest BCUT2D eigenvalue weighted by atomic mass is 35.5. The van der Waals surface area contributed by atoms with E-state index < -0.39 is 5.97 Å². The lowest BCUT2D eigenvalue weighted by Gasteiger charge is -2.22. The van der Waals surface area contributed by atoms with Crippen LogP contribution >= 0.6 is 11.6 Å². The number of nitrogen functional groups attached to an aromatic ring is 1. The van der Waals surface area contributed by atoms with E-state index in [1.165, 1.54) is 0 Å². The molecular formula is C24H23ClN6O2. The highest BCUT2D eigenvalue weighted by molar-refractivity contribution is 6.35. The van der Waals surface area contributed by atoms with Crippen molar-refractivity contribution < 1.29 is 9.53 Å². The average molecular weight is 463 g/mol. The van der Waals surface area contributed by atoms with Crippen molar-refractivity contribution >= 4 is 34.3 Å². The van der Waals surface area contributed by atoms with Gasteiger partial charge >= 0.3 is 5.97 Å². The molecule has 1 aliphatic rings. The number of aryl methyl sites for hydroxylation is 1. The first kappa shape index (κ1) is 21.3. The van der Waals surface area contributed by atoms with Crippen LogP contribution in [0.5, 0.6) is 0 Å². The van der Waals surface area contributed by atoms with Gasteiger partial charge in [-0.3, -0.25) is 9.67 Å². The second kappa shape index (κ2) is 8.78. The SMILES string of the molecule is Cn1ccc(-c2nc(N)c(C(=O)OC3CCCCC3)nc2-c2cc(Cl)c3ncccc3c2)n1. The van der Waals surface area contributed by atoms with Crippen molar-refractivity contribution in [1.82, 2.24) is 24.7 Å². The first-order valence-corrected chi connectivity index (χ1v) is 11.3. The largest absolute Gasteiger partial charge is 0.458 e. The lowest BCUT2D eigenvalue weighted by Crippen LogP contribution is -2.23. The van der Waals surface area contributed by atoms with Crippen molar-refractivity contribution in [2.45, 2.75) is 38.2 Å². The average Bonchev–Trinajstić information content (AvgIpc) is 3.25. The first-order chi connectivity index (χ1) is 16.0. The fourth-order valence-electron chi connectivity index (χ4n) is 4.19. The fraction of sp³-hybridized carbons (Fsp3) is 0.292. The number of halogens is 1. The monoisotopic (exact) mass is 462 g/mol. The number of hydrogen-bond donors (Lipinski definition) is 1. The number of rotatable bonds is 4. The number of esters is 1. The summed E-state index contributed by atoms with van der Waals surface area (Å²) in [5, 5.41) is 5.77. The molecule has 0 spiro atoms. The zero-order valence-corrected chi connectivity index (χ0v) is 18.9. The molecule has 4 aromatic rings. The molecule has 0 bridgehead atoms. The number of carbonyl (C=O) groups excluding carboxylic acids is 1. The minimum Gasteiger partial charge on any atom is -0.458 e. The predicted molar refractivity (Wildman–Crippen MR) is 127 cm³/mol. The third-order valence-corrected chi connectivity index (χ3v) is 6.12. The Balaban J connectivity index is 1.64. The third-order valence-electron chi connectivity index (χ3n) is 5.83. The molecule has 3 aromatic heterocycles. The number of hydrogen-bond acceptors (Lipinski definition) is 7. The maximum atomic E-state index is 13.0. The van der Waals surface area contributed by atoms with Gasteiger partial charge < -0.3 is 10.5 Å². The minimum atomic E-state index is -0.561. The molecule has 2 N–H and O–H groups in total. The summed E-state index contributed by atoms with van der Waals surface area (Å²) in [6.45, 7) is 0. The first-order valence-electron chi connectivity index (χ1n) is 10.9. The van der Waals surface area contributed by atoms with Crippen molar-refractivity contribution in [2.24, 2.45) is 7.05 Å². The molecule has 1 fully saturated rings. The molecule has 8 nitrogen and oxygen atoms in total. The summed E-state index contributed by atoms with van der Waals surface area (Å²) in [7, 11) is 1.81. The smallest absolute Gasteiger partial charge is 0.361 e. The summed E-state index contributed by atoms with van der Waals surface area (Å²) in [6, 6.07) is 9.25. The van der Waals surface area contributed by atoms with Gasteiger partial charge in [-0.05, 0) is 49.9 Å². The van der Waals surface area contributed by atoms with Gasteiger partial charge in [0.2, 0.25) is 0 Å². The summed E-state index contributed by atoms with van der Waals surface area (Å²) < 4.78 is 7.38. The van der Waals surface area contributed by atoms with Crippen LogP contribution in [0, 0.1) is 0 Å². The van der Waals surface area contributed by atoms with Gasteiger partial charge in [-0.25, -0.2) is 14.8 Å². The van der Waals surface area contributed by atoms with Crippen LogP contribution in [0.2, 0.25) is 5.02 Å². The van der Waals surface area contributed by atoms with E-state index in [-0.39, 0.29) is 17.6 Å². The summed E-state index contributed by atoms with van der Waals surface area (Å²) >= 11 is 6.53. The molecule has 0 saturated heterocycles. The molecule has 0 atom stereocenters. The van der Waals surface area contributed by atoms with E-state index in [1.807, 2.05) is 31.3 Å². The number of anilines is 1. The molecule has 5 rings (SSSR count). The van der Waals surface area contributed by atoms with E-state index >= 15 is 0 Å². The number of fused-ring (bicyclic) bond motifs is 1. The van der Waals surface area contributed by atoms with Crippen LogP contribution in [-0.4, -0.2) is 36.8 Å². The van der Waals surface area contributed by atoms with Gasteiger partial charge in [-0.2, -0.15) is 5.10 Å². The van der Waals surface area contributed by atoms with E-state index in [0.29, 0.717) is 33.2 Å². The molecule has 0 amide bonds. The van der Waals surface area contributed by atoms with Crippen LogP contribution in [0.3, 0.4) is 0 Å². The highest BCUT2D eigenvalue weighted by Gasteiger charge is 2.25. The Bertz CT molecular complexity index is 1350.